The third-order valence-corrected chi connectivity index (χ3v) is 4.73. The largest absolute Gasteiger partial charge is 0.481 e. The Kier molecular flexibility index (Phi) is 5.44. The number of fused-ring (bicyclic) bond motifs is 1. The molecule has 1 N–H and O–H groups in total. The molecule has 0 saturated carbocycles. The predicted molar refractivity (Wildman–Crippen MR) is 111 cm³/mol. The van der Waals surface area contributed by atoms with Gasteiger partial charge in [0, 0.05) is 5.56 Å². The minimum absolute atomic E-state index is 0.0989. The molecule has 146 valence electrons. The van der Waals surface area contributed by atoms with E-state index in [4.69, 9.17) is 20.9 Å². The van der Waals surface area contributed by atoms with E-state index in [0.717, 1.165) is 10.8 Å². The normalized spacial score (nSPS) is 11.9. The summed E-state index contributed by atoms with van der Waals surface area (Å²) in [5.41, 5.74) is 0.670. The van der Waals surface area contributed by atoms with Gasteiger partial charge in [-0.2, -0.15) is 4.98 Å². The number of rotatable bonds is 6. The predicted octanol–water partition coefficient (Wildman–Crippen LogP) is 4.63. The van der Waals surface area contributed by atoms with Gasteiger partial charge in [-0.1, -0.05) is 59.2 Å². The summed E-state index contributed by atoms with van der Waals surface area (Å²) in [5, 5.41) is 9.35. The number of carbonyl (C=O) groups excluding carboxylic acids is 1. The molecule has 4 aromatic rings. The maximum atomic E-state index is 12.4. The van der Waals surface area contributed by atoms with Gasteiger partial charge in [0.2, 0.25) is 11.7 Å². The van der Waals surface area contributed by atoms with E-state index < -0.39 is 6.10 Å². The van der Waals surface area contributed by atoms with Gasteiger partial charge in [-0.25, -0.2) is 0 Å². The molecule has 7 heteroatoms. The molecule has 1 aromatic heterocycles. The van der Waals surface area contributed by atoms with Crippen LogP contribution in [-0.2, 0) is 11.3 Å². The lowest BCUT2D eigenvalue weighted by Crippen LogP contribution is -2.35. The first-order valence-corrected chi connectivity index (χ1v) is 9.48. The van der Waals surface area contributed by atoms with Crippen LogP contribution in [0.1, 0.15) is 12.8 Å². The Morgan fingerprint density at radius 3 is 2.69 bits per heavy atom. The van der Waals surface area contributed by atoms with Crippen LogP contribution in [0.15, 0.2) is 71.3 Å². The highest BCUT2D eigenvalue weighted by Crippen LogP contribution is 2.25. The number of hydrogen-bond donors (Lipinski definition) is 1. The summed E-state index contributed by atoms with van der Waals surface area (Å²) < 4.78 is 11.0. The minimum atomic E-state index is -0.679. The van der Waals surface area contributed by atoms with Crippen LogP contribution in [0.5, 0.6) is 5.75 Å². The highest BCUT2D eigenvalue weighted by Gasteiger charge is 2.17. The van der Waals surface area contributed by atoms with Crippen molar-refractivity contribution in [3.8, 4) is 17.1 Å². The van der Waals surface area contributed by atoms with Crippen LogP contribution in [-0.4, -0.2) is 22.2 Å². The monoisotopic (exact) mass is 407 g/mol. The van der Waals surface area contributed by atoms with Crippen molar-refractivity contribution in [3.63, 3.8) is 0 Å². The Morgan fingerprint density at radius 1 is 1.10 bits per heavy atom. The van der Waals surface area contributed by atoms with Crippen molar-refractivity contribution in [1.29, 1.82) is 0 Å². The summed E-state index contributed by atoms with van der Waals surface area (Å²) in [5.74, 6) is 1.01. The Bertz CT molecular complexity index is 1160. The molecule has 6 nitrogen and oxygen atoms in total. The summed E-state index contributed by atoms with van der Waals surface area (Å²) in [6.45, 7) is 1.79. The lowest BCUT2D eigenvalue weighted by molar-refractivity contribution is -0.127. The fourth-order valence-corrected chi connectivity index (χ4v) is 3.10. The minimum Gasteiger partial charge on any atom is -0.481 e. The summed E-state index contributed by atoms with van der Waals surface area (Å²) >= 11 is 6.14. The molecular weight excluding hydrogens is 390 g/mol. The molecule has 4 rings (SSSR count). The van der Waals surface area contributed by atoms with Crippen LogP contribution in [0.4, 0.5) is 0 Å². The molecule has 1 atom stereocenters. The van der Waals surface area contributed by atoms with E-state index >= 15 is 0 Å². The molecule has 0 aliphatic rings. The molecule has 0 spiro atoms. The molecule has 0 radical (unpaired) electrons. The summed E-state index contributed by atoms with van der Waals surface area (Å²) in [6, 6.07) is 20.9. The Balaban J connectivity index is 1.36. The van der Waals surface area contributed by atoms with Crippen LogP contribution in [0, 0.1) is 0 Å². The van der Waals surface area contributed by atoms with Gasteiger partial charge in [-0.05, 0) is 42.0 Å². The van der Waals surface area contributed by atoms with Crippen LogP contribution >= 0.6 is 11.6 Å². The summed E-state index contributed by atoms with van der Waals surface area (Å²) in [7, 11) is 0. The zero-order valence-electron chi connectivity index (χ0n) is 15.6. The van der Waals surface area contributed by atoms with E-state index in [0.29, 0.717) is 22.2 Å². The number of ether oxygens (including phenoxy) is 1. The smallest absolute Gasteiger partial charge is 0.261 e. The van der Waals surface area contributed by atoms with Gasteiger partial charge in [0.15, 0.2) is 6.10 Å². The molecule has 29 heavy (non-hydrogen) atoms. The molecular formula is C22H18ClN3O3. The molecule has 1 heterocycles. The average Bonchev–Trinajstić information content (AvgIpc) is 3.21. The standard InChI is InChI=1S/C22H18ClN3O3/c1-14(28-17-11-10-15-6-2-3-7-16(15)12-17)22(27)24-13-20-25-21(26-29-20)18-8-4-5-9-19(18)23/h2-12,14H,13H2,1H3,(H,24,27). The first-order valence-electron chi connectivity index (χ1n) is 9.11. The molecule has 0 saturated heterocycles. The van der Waals surface area contributed by atoms with E-state index in [2.05, 4.69) is 15.5 Å². The fraction of sp³-hybridized carbons (Fsp3) is 0.136. The number of hydrogen-bond acceptors (Lipinski definition) is 5. The Hall–Kier alpha value is -3.38. The maximum absolute atomic E-state index is 12.4. The molecule has 3 aromatic carbocycles. The topological polar surface area (TPSA) is 77.2 Å². The maximum Gasteiger partial charge on any atom is 0.261 e. The summed E-state index contributed by atoms with van der Waals surface area (Å²) in [6.07, 6.45) is -0.679. The number of nitrogens with zero attached hydrogens (tertiary/aromatic N) is 2. The number of benzene rings is 3. The second-order valence-corrected chi connectivity index (χ2v) is 6.89. The zero-order chi connectivity index (χ0) is 20.2. The van der Waals surface area contributed by atoms with Crippen molar-refractivity contribution in [2.24, 2.45) is 0 Å². The van der Waals surface area contributed by atoms with Crippen LogP contribution in [0.2, 0.25) is 5.02 Å². The lowest BCUT2D eigenvalue weighted by Gasteiger charge is -2.14. The second-order valence-electron chi connectivity index (χ2n) is 6.48. The van der Waals surface area contributed by atoms with E-state index in [1.54, 1.807) is 19.1 Å². The first kappa shape index (κ1) is 19.0. The van der Waals surface area contributed by atoms with Gasteiger partial charge in [-0.15, -0.1) is 0 Å². The Morgan fingerprint density at radius 2 is 1.86 bits per heavy atom. The van der Waals surface area contributed by atoms with Crippen molar-refractivity contribution < 1.29 is 14.1 Å². The van der Waals surface area contributed by atoms with Crippen molar-refractivity contribution in [3.05, 3.63) is 77.6 Å². The van der Waals surface area contributed by atoms with Crippen molar-refractivity contribution in [2.75, 3.05) is 0 Å². The zero-order valence-corrected chi connectivity index (χ0v) is 16.4. The van der Waals surface area contributed by atoms with Crippen LogP contribution < -0.4 is 10.1 Å². The van der Waals surface area contributed by atoms with Gasteiger partial charge in [-0.3, -0.25) is 4.79 Å². The van der Waals surface area contributed by atoms with Crippen LogP contribution in [0.3, 0.4) is 0 Å². The fourth-order valence-electron chi connectivity index (χ4n) is 2.88. The quantitative estimate of drug-likeness (QED) is 0.504. The van der Waals surface area contributed by atoms with E-state index in [1.165, 1.54) is 0 Å². The van der Waals surface area contributed by atoms with E-state index in [-0.39, 0.29) is 18.3 Å². The molecule has 0 aliphatic heterocycles. The second kappa shape index (κ2) is 8.32. The van der Waals surface area contributed by atoms with Gasteiger partial charge in [0.1, 0.15) is 5.75 Å². The number of nitrogens with one attached hydrogen (secondary N) is 1. The molecule has 0 bridgehead atoms. The Labute approximate surface area is 172 Å². The van der Waals surface area contributed by atoms with Gasteiger partial charge in [0.25, 0.3) is 5.91 Å². The van der Waals surface area contributed by atoms with Gasteiger partial charge in [0.05, 0.1) is 11.6 Å². The number of amides is 1. The highest BCUT2D eigenvalue weighted by molar-refractivity contribution is 6.33. The third-order valence-electron chi connectivity index (χ3n) is 4.40. The third kappa shape index (κ3) is 4.38. The molecule has 0 fully saturated rings. The molecule has 1 amide bonds. The lowest BCUT2D eigenvalue weighted by atomic mass is 10.1. The highest BCUT2D eigenvalue weighted by atomic mass is 35.5. The van der Waals surface area contributed by atoms with Crippen LogP contribution in [0.25, 0.3) is 22.2 Å². The van der Waals surface area contributed by atoms with Crippen molar-refractivity contribution >= 4 is 28.3 Å². The number of carbonyl (C=O) groups is 1. The molecule has 0 aliphatic carbocycles. The van der Waals surface area contributed by atoms with E-state index in [9.17, 15) is 4.79 Å². The van der Waals surface area contributed by atoms with Crippen molar-refractivity contribution in [1.82, 2.24) is 15.5 Å². The summed E-state index contributed by atoms with van der Waals surface area (Å²) in [4.78, 5) is 16.6. The van der Waals surface area contributed by atoms with E-state index in [1.807, 2.05) is 54.6 Å². The number of aromatic nitrogens is 2. The average molecular weight is 408 g/mol. The molecule has 1 unspecified atom stereocenters. The first-order chi connectivity index (χ1) is 14.1. The van der Waals surface area contributed by atoms with Gasteiger partial charge < -0.3 is 14.6 Å². The SMILES string of the molecule is CC(Oc1ccc2ccccc2c1)C(=O)NCc1nc(-c2ccccc2Cl)no1. The number of halogens is 1. The van der Waals surface area contributed by atoms with Crippen molar-refractivity contribution in [2.45, 2.75) is 19.6 Å². The van der Waals surface area contributed by atoms with Gasteiger partial charge >= 0.3 is 0 Å².